The third kappa shape index (κ3) is 2.60. The van der Waals surface area contributed by atoms with Crippen LogP contribution in [0.1, 0.15) is 6.42 Å². The van der Waals surface area contributed by atoms with Gasteiger partial charge < -0.3 is 24.3 Å². The number of aryl methyl sites for hydroxylation is 1. The summed E-state index contributed by atoms with van der Waals surface area (Å²) in [6.45, 7) is 2.11. The van der Waals surface area contributed by atoms with Gasteiger partial charge >= 0.3 is 0 Å². The predicted molar refractivity (Wildman–Crippen MR) is 102 cm³/mol. The number of ether oxygens (including phenoxy) is 4. The first kappa shape index (κ1) is 16.1. The SMILES string of the molecule is COc1cc2cc3[n+](cc2cc1OC)CCCNc1cc2c(cc1-3)OCO2. The number of fused-ring (bicyclic) bond motifs is 5. The molecule has 1 aromatic heterocycles. The van der Waals surface area contributed by atoms with Crippen molar-refractivity contribution < 1.29 is 23.5 Å². The van der Waals surface area contributed by atoms with Crippen LogP contribution in [0.15, 0.2) is 36.5 Å². The summed E-state index contributed by atoms with van der Waals surface area (Å²) in [5.41, 5.74) is 3.30. The summed E-state index contributed by atoms with van der Waals surface area (Å²) in [6.07, 6.45) is 3.22. The summed E-state index contributed by atoms with van der Waals surface area (Å²) in [5.74, 6) is 3.04. The highest BCUT2D eigenvalue weighted by Gasteiger charge is 2.25. The number of nitrogens with one attached hydrogen (secondary N) is 1. The number of nitrogens with zero attached hydrogens (tertiary/aromatic N) is 1. The number of methoxy groups -OCH3 is 2. The third-order valence-corrected chi connectivity index (χ3v) is 5.17. The summed E-state index contributed by atoms with van der Waals surface area (Å²) >= 11 is 0. The summed E-state index contributed by atoms with van der Waals surface area (Å²) in [7, 11) is 3.32. The number of anilines is 1. The van der Waals surface area contributed by atoms with E-state index in [1.54, 1.807) is 14.2 Å². The van der Waals surface area contributed by atoms with E-state index >= 15 is 0 Å². The molecule has 0 spiro atoms. The maximum absolute atomic E-state index is 5.61. The molecule has 27 heavy (non-hydrogen) atoms. The molecule has 2 aromatic carbocycles. The van der Waals surface area contributed by atoms with Crippen LogP contribution in [0, 0.1) is 0 Å². The van der Waals surface area contributed by atoms with Gasteiger partial charge in [0.25, 0.3) is 0 Å². The van der Waals surface area contributed by atoms with Crippen LogP contribution < -0.4 is 28.8 Å². The number of benzene rings is 2. The normalized spacial score (nSPS) is 14.6. The molecule has 0 atom stereocenters. The first-order valence-electron chi connectivity index (χ1n) is 9.04. The molecule has 138 valence electrons. The van der Waals surface area contributed by atoms with Gasteiger partial charge in [-0.2, -0.15) is 4.57 Å². The van der Waals surface area contributed by atoms with E-state index in [4.69, 9.17) is 18.9 Å². The minimum absolute atomic E-state index is 0.271. The Labute approximate surface area is 157 Å². The van der Waals surface area contributed by atoms with Crippen LogP contribution in [-0.2, 0) is 6.54 Å². The highest BCUT2D eigenvalue weighted by molar-refractivity contribution is 5.89. The average Bonchev–Trinajstić information content (AvgIpc) is 3.14. The van der Waals surface area contributed by atoms with Crippen LogP contribution in [0.3, 0.4) is 0 Å². The molecule has 0 radical (unpaired) electrons. The Kier molecular flexibility index (Phi) is 3.70. The van der Waals surface area contributed by atoms with Crippen LogP contribution in [0.2, 0.25) is 0 Å². The standard InChI is InChI=1S/C21H20N2O4/c1-24-18-7-13-6-17-15-9-20-21(27-12-26-20)10-16(15)22-4-3-5-23(17)11-14(13)8-19(18)25-2/h6-11H,3-5,12H2,1-2H3/p+1. The molecular formula is C21H21N2O4+. The predicted octanol–water partition coefficient (Wildman–Crippen LogP) is 3.36. The van der Waals surface area contributed by atoms with Gasteiger partial charge in [0.15, 0.2) is 35.7 Å². The van der Waals surface area contributed by atoms with E-state index in [1.165, 1.54) is 0 Å². The fourth-order valence-electron chi connectivity index (χ4n) is 3.80. The molecule has 1 N–H and O–H groups in total. The number of hydrogen-bond donors (Lipinski definition) is 1. The highest BCUT2D eigenvalue weighted by Crippen LogP contribution is 2.42. The Morgan fingerprint density at radius 1 is 0.926 bits per heavy atom. The van der Waals surface area contributed by atoms with Gasteiger partial charge in [-0.3, -0.25) is 0 Å². The molecule has 0 bridgehead atoms. The summed E-state index contributed by atoms with van der Waals surface area (Å²) in [4.78, 5) is 0. The Bertz CT molecular complexity index is 1050. The first-order chi connectivity index (χ1) is 13.3. The van der Waals surface area contributed by atoms with Crippen molar-refractivity contribution in [2.75, 3.05) is 32.9 Å². The molecule has 6 heteroatoms. The molecule has 0 amide bonds. The lowest BCUT2D eigenvalue weighted by Crippen LogP contribution is -2.38. The van der Waals surface area contributed by atoms with Crippen molar-refractivity contribution in [3.8, 4) is 34.3 Å². The molecule has 0 saturated carbocycles. The summed E-state index contributed by atoms with van der Waals surface area (Å²) < 4.78 is 24.4. The monoisotopic (exact) mass is 365 g/mol. The molecule has 2 aliphatic heterocycles. The molecule has 0 saturated heterocycles. The van der Waals surface area contributed by atoms with E-state index in [-0.39, 0.29) is 6.79 Å². The van der Waals surface area contributed by atoms with Crippen molar-refractivity contribution in [1.29, 1.82) is 0 Å². The molecule has 3 heterocycles. The van der Waals surface area contributed by atoms with E-state index < -0.39 is 0 Å². The highest BCUT2D eigenvalue weighted by atomic mass is 16.7. The lowest BCUT2D eigenvalue weighted by atomic mass is 10.0. The lowest BCUT2D eigenvalue weighted by Gasteiger charge is -2.17. The number of rotatable bonds is 2. The maximum atomic E-state index is 5.61. The van der Waals surface area contributed by atoms with Crippen molar-refractivity contribution in [3.63, 3.8) is 0 Å². The van der Waals surface area contributed by atoms with Gasteiger partial charge in [-0.1, -0.05) is 0 Å². The second kappa shape index (κ2) is 6.23. The van der Waals surface area contributed by atoms with Crippen LogP contribution in [0.5, 0.6) is 23.0 Å². The summed E-state index contributed by atoms with van der Waals surface area (Å²) in [6, 6.07) is 10.3. The van der Waals surface area contributed by atoms with Gasteiger partial charge in [0, 0.05) is 36.6 Å². The zero-order chi connectivity index (χ0) is 18.4. The Balaban J connectivity index is 1.76. The molecule has 3 aromatic rings. The zero-order valence-corrected chi connectivity index (χ0v) is 15.4. The number of hydrogen-bond acceptors (Lipinski definition) is 5. The fraction of sp³-hybridized carbons (Fsp3) is 0.286. The topological polar surface area (TPSA) is 52.8 Å². The lowest BCUT2D eigenvalue weighted by molar-refractivity contribution is -0.685. The van der Waals surface area contributed by atoms with Gasteiger partial charge in [-0.15, -0.1) is 0 Å². The van der Waals surface area contributed by atoms with Gasteiger partial charge in [0.05, 0.1) is 25.5 Å². The minimum Gasteiger partial charge on any atom is -0.493 e. The van der Waals surface area contributed by atoms with Crippen LogP contribution >= 0.6 is 0 Å². The average molecular weight is 365 g/mol. The second-order valence-electron chi connectivity index (χ2n) is 6.72. The maximum Gasteiger partial charge on any atom is 0.231 e. The van der Waals surface area contributed by atoms with Crippen LogP contribution in [-0.4, -0.2) is 27.6 Å². The van der Waals surface area contributed by atoms with Crippen molar-refractivity contribution in [1.82, 2.24) is 0 Å². The van der Waals surface area contributed by atoms with Gasteiger partial charge in [0.2, 0.25) is 12.5 Å². The Morgan fingerprint density at radius 2 is 1.67 bits per heavy atom. The molecule has 6 nitrogen and oxygen atoms in total. The van der Waals surface area contributed by atoms with Gasteiger partial charge in [0.1, 0.15) is 0 Å². The fourth-order valence-corrected chi connectivity index (χ4v) is 3.80. The smallest absolute Gasteiger partial charge is 0.231 e. The molecule has 5 rings (SSSR count). The van der Waals surface area contributed by atoms with Crippen molar-refractivity contribution in [2.24, 2.45) is 0 Å². The van der Waals surface area contributed by atoms with Gasteiger partial charge in [-0.05, 0) is 17.5 Å². The van der Waals surface area contributed by atoms with Crippen LogP contribution in [0.25, 0.3) is 22.0 Å². The third-order valence-electron chi connectivity index (χ3n) is 5.17. The van der Waals surface area contributed by atoms with E-state index in [0.29, 0.717) is 0 Å². The molecule has 0 aliphatic carbocycles. The molecule has 0 unspecified atom stereocenters. The molecular weight excluding hydrogens is 344 g/mol. The first-order valence-corrected chi connectivity index (χ1v) is 9.04. The largest absolute Gasteiger partial charge is 0.493 e. The van der Waals surface area contributed by atoms with E-state index in [9.17, 15) is 0 Å². The number of aromatic nitrogens is 1. The van der Waals surface area contributed by atoms with E-state index in [1.807, 2.05) is 18.2 Å². The molecule has 2 aliphatic rings. The summed E-state index contributed by atoms with van der Waals surface area (Å²) in [5, 5.41) is 5.75. The molecule has 0 fully saturated rings. The second-order valence-corrected chi connectivity index (χ2v) is 6.72. The quantitative estimate of drug-likeness (QED) is 0.706. The van der Waals surface area contributed by atoms with Crippen LogP contribution in [0.4, 0.5) is 5.69 Å². The van der Waals surface area contributed by atoms with Gasteiger partial charge in [-0.25, -0.2) is 0 Å². The van der Waals surface area contributed by atoms with Crippen molar-refractivity contribution >= 4 is 16.5 Å². The van der Waals surface area contributed by atoms with Crippen molar-refractivity contribution in [2.45, 2.75) is 13.0 Å². The van der Waals surface area contributed by atoms with E-state index in [2.05, 4.69) is 28.2 Å². The Hall–Kier alpha value is -3.15. The van der Waals surface area contributed by atoms with Crippen molar-refractivity contribution in [3.05, 3.63) is 36.5 Å². The van der Waals surface area contributed by atoms with E-state index in [0.717, 1.165) is 70.2 Å². The Morgan fingerprint density at radius 3 is 2.44 bits per heavy atom. The minimum atomic E-state index is 0.271. The zero-order valence-electron chi connectivity index (χ0n) is 15.4. The number of pyridine rings is 1.